The van der Waals surface area contributed by atoms with Crippen LogP contribution in [0.1, 0.15) is 73.1 Å². The summed E-state index contributed by atoms with van der Waals surface area (Å²) in [6, 6.07) is 0. The van der Waals surface area contributed by atoms with Gasteiger partial charge in [-0.05, 0) is 58.5 Å². The smallest absolute Gasteiger partial charge is 0.110 e. The van der Waals surface area contributed by atoms with Crippen molar-refractivity contribution < 1.29 is 42.6 Å². The van der Waals surface area contributed by atoms with Crippen LogP contribution in [0.3, 0.4) is 0 Å². The summed E-state index contributed by atoms with van der Waals surface area (Å²) < 4.78 is 54.1. The monoisotopic (exact) mass is 683 g/mol. The molecule has 284 valence electrons. The second kappa shape index (κ2) is 34.0. The van der Waals surface area contributed by atoms with Gasteiger partial charge in [-0.15, -0.1) is 0 Å². The van der Waals surface area contributed by atoms with Crippen LogP contribution in [0.2, 0.25) is 0 Å². The van der Waals surface area contributed by atoms with Gasteiger partial charge in [0.1, 0.15) is 18.4 Å². The standard InChI is InChI=1S/C34H74N4O9/c1-6-28(19-39-18-15-37)20-40-23-32(46-21-29(7-2)34(38)43-10-5)24-42-26-33(47-27-31(9-4)45-17-12-14-36)25-41-22-30(8-3)44-16-11-13-35/h28-34H,6-27,35-38H2,1-5H3. The first-order valence-corrected chi connectivity index (χ1v) is 18.2. The highest BCUT2D eigenvalue weighted by molar-refractivity contribution is 4.68. The molecule has 0 saturated carbocycles. The van der Waals surface area contributed by atoms with Crippen molar-refractivity contribution >= 4 is 0 Å². The number of hydrogen-bond donors (Lipinski definition) is 4. The lowest BCUT2D eigenvalue weighted by molar-refractivity contribution is -0.125. The minimum atomic E-state index is -0.392. The Morgan fingerprint density at radius 3 is 1.38 bits per heavy atom. The lowest BCUT2D eigenvalue weighted by atomic mass is 10.1. The molecule has 13 nitrogen and oxygen atoms in total. The summed E-state index contributed by atoms with van der Waals surface area (Å²) in [4.78, 5) is 0. The topological polar surface area (TPSA) is 187 Å². The molecule has 0 radical (unpaired) electrons. The zero-order chi connectivity index (χ0) is 35.0. The molecular formula is C34H74N4O9. The van der Waals surface area contributed by atoms with E-state index in [2.05, 4.69) is 27.7 Å². The molecule has 47 heavy (non-hydrogen) atoms. The normalized spacial score (nSPS) is 16.5. The molecule has 13 heteroatoms. The molecule has 0 aromatic carbocycles. The molecule has 7 atom stereocenters. The summed E-state index contributed by atoms with van der Waals surface area (Å²) in [5, 5.41) is 0. The van der Waals surface area contributed by atoms with Crippen LogP contribution in [0.25, 0.3) is 0 Å². The third kappa shape index (κ3) is 26.0. The lowest BCUT2D eigenvalue weighted by Crippen LogP contribution is -2.38. The summed E-state index contributed by atoms with van der Waals surface area (Å²) in [5.41, 5.74) is 23.1. The first-order chi connectivity index (χ1) is 22.9. The van der Waals surface area contributed by atoms with Crippen molar-refractivity contribution in [2.45, 2.75) is 104 Å². The van der Waals surface area contributed by atoms with Gasteiger partial charge in [-0.25, -0.2) is 0 Å². The fourth-order valence-electron chi connectivity index (χ4n) is 4.44. The second-order valence-electron chi connectivity index (χ2n) is 11.8. The number of hydrogen-bond acceptors (Lipinski definition) is 13. The summed E-state index contributed by atoms with van der Waals surface area (Å²) in [6.07, 6.45) is 4.07. The maximum atomic E-state index is 6.32. The van der Waals surface area contributed by atoms with Crippen molar-refractivity contribution in [3.63, 3.8) is 0 Å². The maximum absolute atomic E-state index is 6.32. The third-order valence-electron chi connectivity index (χ3n) is 7.79. The quantitative estimate of drug-likeness (QED) is 0.0553. The third-order valence-corrected chi connectivity index (χ3v) is 7.79. The highest BCUT2D eigenvalue weighted by Gasteiger charge is 2.22. The van der Waals surface area contributed by atoms with Crippen LogP contribution in [0.15, 0.2) is 0 Å². The van der Waals surface area contributed by atoms with E-state index >= 15 is 0 Å². The molecule has 0 rings (SSSR count). The number of ether oxygens (including phenoxy) is 9. The van der Waals surface area contributed by atoms with Crippen molar-refractivity contribution in [2.24, 2.45) is 34.8 Å². The zero-order valence-electron chi connectivity index (χ0n) is 30.6. The van der Waals surface area contributed by atoms with Gasteiger partial charge in [-0.1, -0.05) is 27.7 Å². The summed E-state index contributed by atoms with van der Waals surface area (Å²) >= 11 is 0. The average molecular weight is 683 g/mol. The molecule has 7 unspecified atom stereocenters. The molecule has 0 aromatic rings. The SMILES string of the molecule is CCOC(N)C(CC)COC(COCC(CC)COCCN)COCC(COCC(CC)OCCCN)OCC(CC)OCCCN. The van der Waals surface area contributed by atoms with Gasteiger partial charge in [0.2, 0.25) is 0 Å². The van der Waals surface area contributed by atoms with Crippen LogP contribution in [-0.2, 0) is 42.6 Å². The van der Waals surface area contributed by atoms with Crippen LogP contribution in [0, 0.1) is 11.8 Å². The Bertz CT molecular complexity index is 644. The molecule has 0 saturated heterocycles. The van der Waals surface area contributed by atoms with Crippen molar-refractivity contribution in [2.75, 3.05) is 106 Å². The van der Waals surface area contributed by atoms with Crippen molar-refractivity contribution in [1.29, 1.82) is 0 Å². The average Bonchev–Trinajstić information content (AvgIpc) is 3.08. The van der Waals surface area contributed by atoms with Crippen molar-refractivity contribution in [1.82, 2.24) is 0 Å². The first-order valence-electron chi connectivity index (χ1n) is 18.2. The fraction of sp³-hybridized carbons (Fsp3) is 1.00. The molecule has 0 aliphatic heterocycles. The Hall–Kier alpha value is -0.520. The second-order valence-corrected chi connectivity index (χ2v) is 11.8. The van der Waals surface area contributed by atoms with E-state index in [-0.39, 0.29) is 36.3 Å². The van der Waals surface area contributed by atoms with Gasteiger partial charge in [0.15, 0.2) is 0 Å². The molecule has 0 fully saturated rings. The molecule has 0 amide bonds. The van der Waals surface area contributed by atoms with E-state index in [4.69, 9.17) is 65.6 Å². The zero-order valence-corrected chi connectivity index (χ0v) is 30.6. The Morgan fingerprint density at radius 1 is 0.426 bits per heavy atom. The van der Waals surface area contributed by atoms with Crippen LogP contribution < -0.4 is 22.9 Å². The van der Waals surface area contributed by atoms with Gasteiger partial charge >= 0.3 is 0 Å². The van der Waals surface area contributed by atoms with E-state index in [1.54, 1.807) is 0 Å². The van der Waals surface area contributed by atoms with E-state index in [1.807, 2.05) is 6.92 Å². The molecule has 0 aromatic heterocycles. The highest BCUT2D eigenvalue weighted by atomic mass is 16.6. The largest absolute Gasteiger partial charge is 0.380 e. The van der Waals surface area contributed by atoms with Crippen LogP contribution in [0.5, 0.6) is 0 Å². The van der Waals surface area contributed by atoms with E-state index in [9.17, 15) is 0 Å². The van der Waals surface area contributed by atoms with Crippen LogP contribution in [-0.4, -0.2) is 136 Å². The highest BCUT2D eigenvalue weighted by Crippen LogP contribution is 2.13. The Balaban J connectivity index is 5.31. The minimum absolute atomic E-state index is 0.00302. The molecule has 0 aliphatic rings. The van der Waals surface area contributed by atoms with Gasteiger partial charge in [-0.2, -0.15) is 0 Å². The molecule has 0 spiro atoms. The molecule has 8 N–H and O–H groups in total. The first kappa shape index (κ1) is 46.5. The molecular weight excluding hydrogens is 608 g/mol. The van der Waals surface area contributed by atoms with E-state index in [0.717, 1.165) is 38.5 Å². The summed E-state index contributed by atoms with van der Waals surface area (Å²) in [5.74, 6) is 0.330. The van der Waals surface area contributed by atoms with Crippen LogP contribution >= 0.6 is 0 Å². The summed E-state index contributed by atoms with van der Waals surface area (Å²) in [6.45, 7) is 18.2. The van der Waals surface area contributed by atoms with Gasteiger partial charge < -0.3 is 65.6 Å². The molecule has 0 aliphatic carbocycles. The van der Waals surface area contributed by atoms with E-state index in [1.165, 1.54) is 0 Å². The summed E-state index contributed by atoms with van der Waals surface area (Å²) in [7, 11) is 0. The minimum Gasteiger partial charge on any atom is -0.380 e. The van der Waals surface area contributed by atoms with Gasteiger partial charge in [-0.3, -0.25) is 0 Å². The van der Waals surface area contributed by atoms with E-state index in [0.29, 0.717) is 106 Å². The van der Waals surface area contributed by atoms with Crippen molar-refractivity contribution in [3.8, 4) is 0 Å². The predicted octanol–water partition coefficient (Wildman–Crippen LogP) is 2.44. The Morgan fingerprint density at radius 2 is 0.915 bits per heavy atom. The van der Waals surface area contributed by atoms with Gasteiger partial charge in [0.05, 0.1) is 78.3 Å². The number of rotatable bonds is 37. The number of nitrogens with two attached hydrogens (primary N) is 4. The predicted molar refractivity (Wildman–Crippen MR) is 186 cm³/mol. The van der Waals surface area contributed by atoms with Gasteiger partial charge in [0.25, 0.3) is 0 Å². The van der Waals surface area contributed by atoms with Crippen molar-refractivity contribution in [3.05, 3.63) is 0 Å². The Labute approximate surface area is 286 Å². The van der Waals surface area contributed by atoms with Crippen LogP contribution in [0.4, 0.5) is 0 Å². The molecule has 0 bridgehead atoms. The maximum Gasteiger partial charge on any atom is 0.110 e. The molecule has 0 heterocycles. The lowest BCUT2D eigenvalue weighted by Gasteiger charge is -2.27. The van der Waals surface area contributed by atoms with Gasteiger partial charge in [0, 0.05) is 38.2 Å². The fourth-order valence-corrected chi connectivity index (χ4v) is 4.44. The Kier molecular flexibility index (Phi) is 33.6. The van der Waals surface area contributed by atoms with E-state index < -0.39 is 6.23 Å².